The van der Waals surface area contributed by atoms with Gasteiger partial charge in [-0.05, 0) is 49.2 Å². The highest BCUT2D eigenvalue weighted by Crippen LogP contribution is 2.28. The number of methoxy groups -OCH3 is 1. The number of rotatable bonds is 4. The number of phenolic OH excluding ortho intramolecular Hbond substituents is 1. The Labute approximate surface area is 197 Å². The number of hydrogen-bond acceptors (Lipinski definition) is 5. The molecule has 0 aromatic heterocycles. The van der Waals surface area contributed by atoms with Crippen molar-refractivity contribution in [2.45, 2.75) is 18.9 Å². The minimum atomic E-state index is -0.547. The van der Waals surface area contributed by atoms with Crippen LogP contribution in [-0.4, -0.2) is 83.4 Å². The SMILES string of the molecule is COc1ccc(Cl)cc1C(=O)N1CCC[C@@H]1C(=O)N1CCN(C(=O)c2cccc(O)c2)CC1. The third-order valence-corrected chi connectivity index (χ3v) is 6.40. The standard InChI is InChI=1S/C24H26ClN3O5/c1-33-21-8-7-17(25)15-19(21)23(31)28-9-3-6-20(28)24(32)27-12-10-26(11-13-27)22(30)16-4-2-5-18(29)14-16/h2,4-5,7-8,14-15,20,29H,3,6,9-13H2,1H3/t20-/m1/s1. The van der Waals surface area contributed by atoms with E-state index in [-0.39, 0.29) is 23.5 Å². The molecule has 2 fully saturated rings. The third-order valence-electron chi connectivity index (χ3n) is 6.16. The van der Waals surface area contributed by atoms with Gasteiger partial charge in [0.25, 0.3) is 11.8 Å². The van der Waals surface area contributed by atoms with E-state index in [1.807, 2.05) is 0 Å². The van der Waals surface area contributed by atoms with Gasteiger partial charge in [-0.2, -0.15) is 0 Å². The van der Waals surface area contributed by atoms with Gasteiger partial charge >= 0.3 is 0 Å². The zero-order valence-corrected chi connectivity index (χ0v) is 19.1. The van der Waals surface area contributed by atoms with Gasteiger partial charge in [-0.15, -0.1) is 0 Å². The molecule has 1 atom stereocenters. The first kappa shape index (κ1) is 22.9. The highest BCUT2D eigenvalue weighted by molar-refractivity contribution is 6.31. The Morgan fingerprint density at radius 1 is 0.970 bits per heavy atom. The summed E-state index contributed by atoms with van der Waals surface area (Å²) in [4.78, 5) is 44.2. The lowest BCUT2D eigenvalue weighted by molar-refractivity contribution is -0.136. The molecule has 174 valence electrons. The van der Waals surface area contributed by atoms with Crippen molar-refractivity contribution in [3.05, 3.63) is 58.6 Å². The maximum absolute atomic E-state index is 13.3. The molecule has 3 amide bonds. The van der Waals surface area contributed by atoms with Crippen molar-refractivity contribution < 1.29 is 24.2 Å². The second-order valence-corrected chi connectivity index (χ2v) is 8.61. The average Bonchev–Trinajstić information content (AvgIpc) is 3.32. The second-order valence-electron chi connectivity index (χ2n) is 8.17. The van der Waals surface area contributed by atoms with Crippen LogP contribution in [0.5, 0.6) is 11.5 Å². The first-order valence-corrected chi connectivity index (χ1v) is 11.3. The largest absolute Gasteiger partial charge is 0.508 e. The molecular formula is C24H26ClN3O5. The van der Waals surface area contributed by atoms with Crippen molar-refractivity contribution >= 4 is 29.3 Å². The van der Waals surface area contributed by atoms with Gasteiger partial charge in [-0.25, -0.2) is 0 Å². The number of benzene rings is 2. The molecule has 0 bridgehead atoms. The molecule has 4 rings (SSSR count). The molecule has 0 saturated carbocycles. The van der Waals surface area contributed by atoms with Crippen LogP contribution in [0.25, 0.3) is 0 Å². The zero-order chi connectivity index (χ0) is 23.5. The maximum atomic E-state index is 13.3. The topological polar surface area (TPSA) is 90.4 Å². The number of halogens is 1. The van der Waals surface area contributed by atoms with E-state index < -0.39 is 6.04 Å². The van der Waals surface area contributed by atoms with Crippen LogP contribution in [0.3, 0.4) is 0 Å². The molecule has 2 aromatic carbocycles. The molecule has 33 heavy (non-hydrogen) atoms. The summed E-state index contributed by atoms with van der Waals surface area (Å²) in [6.07, 6.45) is 1.33. The van der Waals surface area contributed by atoms with Crippen LogP contribution in [0.15, 0.2) is 42.5 Å². The van der Waals surface area contributed by atoms with E-state index >= 15 is 0 Å². The third kappa shape index (κ3) is 4.75. The quantitative estimate of drug-likeness (QED) is 0.740. The molecule has 2 aliphatic heterocycles. The van der Waals surface area contributed by atoms with E-state index in [9.17, 15) is 19.5 Å². The number of nitrogens with zero attached hydrogens (tertiary/aromatic N) is 3. The van der Waals surface area contributed by atoms with E-state index in [0.29, 0.717) is 61.0 Å². The summed E-state index contributed by atoms with van der Waals surface area (Å²) < 4.78 is 5.32. The number of carbonyl (C=O) groups excluding carboxylic acids is 3. The molecule has 2 saturated heterocycles. The number of likely N-dealkylation sites (tertiary alicyclic amines) is 1. The summed E-state index contributed by atoms with van der Waals surface area (Å²) in [6, 6.07) is 10.6. The summed E-state index contributed by atoms with van der Waals surface area (Å²) in [5, 5.41) is 10.1. The molecule has 0 aliphatic carbocycles. The number of hydrogen-bond donors (Lipinski definition) is 1. The maximum Gasteiger partial charge on any atom is 0.258 e. The predicted octanol–water partition coefficient (Wildman–Crippen LogP) is 2.64. The fraction of sp³-hybridized carbons (Fsp3) is 0.375. The van der Waals surface area contributed by atoms with Crippen LogP contribution in [0.1, 0.15) is 33.6 Å². The molecule has 8 nitrogen and oxygen atoms in total. The van der Waals surface area contributed by atoms with E-state index in [1.54, 1.807) is 45.0 Å². The van der Waals surface area contributed by atoms with Gasteiger partial charge in [0.2, 0.25) is 5.91 Å². The molecular weight excluding hydrogens is 446 g/mol. The Hall–Kier alpha value is -3.26. The molecule has 0 spiro atoms. The lowest BCUT2D eigenvalue weighted by Gasteiger charge is -2.37. The Kier molecular flexibility index (Phi) is 6.74. The van der Waals surface area contributed by atoms with Crippen molar-refractivity contribution in [1.82, 2.24) is 14.7 Å². The van der Waals surface area contributed by atoms with Crippen molar-refractivity contribution in [3.8, 4) is 11.5 Å². The fourth-order valence-corrected chi connectivity index (χ4v) is 4.60. The Balaban J connectivity index is 1.42. The normalized spacial score (nSPS) is 18.4. The molecule has 2 heterocycles. The highest BCUT2D eigenvalue weighted by Gasteiger charge is 2.38. The lowest BCUT2D eigenvalue weighted by Crippen LogP contribution is -2.55. The number of piperazine rings is 1. The second kappa shape index (κ2) is 9.70. The van der Waals surface area contributed by atoms with Gasteiger partial charge < -0.3 is 24.5 Å². The zero-order valence-electron chi connectivity index (χ0n) is 18.4. The van der Waals surface area contributed by atoms with Crippen LogP contribution in [0.4, 0.5) is 0 Å². The highest BCUT2D eigenvalue weighted by atomic mass is 35.5. The number of ether oxygens (including phenoxy) is 1. The van der Waals surface area contributed by atoms with E-state index in [2.05, 4.69) is 0 Å². The summed E-state index contributed by atoms with van der Waals surface area (Å²) in [5.74, 6) is -0.100. The Bertz CT molecular complexity index is 1070. The van der Waals surface area contributed by atoms with Crippen LogP contribution in [-0.2, 0) is 4.79 Å². The van der Waals surface area contributed by atoms with E-state index in [0.717, 1.165) is 6.42 Å². The minimum Gasteiger partial charge on any atom is -0.508 e. The van der Waals surface area contributed by atoms with Gasteiger partial charge in [0.1, 0.15) is 17.5 Å². The van der Waals surface area contributed by atoms with Crippen molar-refractivity contribution in [2.75, 3.05) is 39.8 Å². The van der Waals surface area contributed by atoms with Gasteiger partial charge in [0.05, 0.1) is 12.7 Å². The molecule has 2 aliphatic rings. The number of amides is 3. The lowest BCUT2D eigenvalue weighted by atomic mass is 10.1. The van der Waals surface area contributed by atoms with Gasteiger partial charge in [0.15, 0.2) is 0 Å². The number of carbonyl (C=O) groups is 3. The fourth-order valence-electron chi connectivity index (χ4n) is 4.43. The van der Waals surface area contributed by atoms with E-state index in [1.165, 1.54) is 19.2 Å². The van der Waals surface area contributed by atoms with Crippen LogP contribution in [0.2, 0.25) is 5.02 Å². The first-order chi connectivity index (χ1) is 15.9. The van der Waals surface area contributed by atoms with Gasteiger partial charge in [0, 0.05) is 43.3 Å². The molecule has 2 aromatic rings. The predicted molar refractivity (Wildman–Crippen MR) is 123 cm³/mol. The monoisotopic (exact) mass is 471 g/mol. The van der Waals surface area contributed by atoms with Gasteiger partial charge in [-0.1, -0.05) is 17.7 Å². The molecule has 0 unspecified atom stereocenters. The van der Waals surface area contributed by atoms with E-state index in [4.69, 9.17) is 16.3 Å². The summed E-state index contributed by atoms with van der Waals surface area (Å²) in [5.41, 5.74) is 0.754. The van der Waals surface area contributed by atoms with Crippen LogP contribution >= 0.6 is 11.6 Å². The molecule has 1 N–H and O–H groups in total. The summed E-state index contributed by atoms with van der Waals surface area (Å²) in [7, 11) is 1.49. The summed E-state index contributed by atoms with van der Waals surface area (Å²) >= 11 is 6.09. The average molecular weight is 472 g/mol. The smallest absolute Gasteiger partial charge is 0.258 e. The number of phenols is 1. The Morgan fingerprint density at radius 3 is 2.39 bits per heavy atom. The Morgan fingerprint density at radius 2 is 1.70 bits per heavy atom. The van der Waals surface area contributed by atoms with Crippen molar-refractivity contribution in [3.63, 3.8) is 0 Å². The minimum absolute atomic E-state index is 0.0389. The molecule has 9 heteroatoms. The molecule has 0 radical (unpaired) electrons. The van der Waals surface area contributed by atoms with Crippen LogP contribution < -0.4 is 4.74 Å². The van der Waals surface area contributed by atoms with Gasteiger partial charge in [-0.3, -0.25) is 14.4 Å². The van der Waals surface area contributed by atoms with Crippen molar-refractivity contribution in [2.24, 2.45) is 0 Å². The number of aromatic hydroxyl groups is 1. The summed E-state index contributed by atoms with van der Waals surface area (Å²) in [6.45, 7) is 2.05. The first-order valence-electron chi connectivity index (χ1n) is 10.9. The van der Waals surface area contributed by atoms with Crippen molar-refractivity contribution in [1.29, 1.82) is 0 Å². The van der Waals surface area contributed by atoms with Crippen LogP contribution in [0, 0.1) is 0 Å².